The molecule has 25 heavy (non-hydrogen) atoms. The number of halogens is 1. The average molecular weight is 359 g/mol. The van der Waals surface area contributed by atoms with Crippen LogP contribution in [0.2, 0.25) is 5.02 Å². The minimum Gasteiger partial charge on any atom is -0.482 e. The lowest BCUT2D eigenvalue weighted by atomic mass is 10.0. The van der Waals surface area contributed by atoms with Gasteiger partial charge in [0.15, 0.2) is 6.61 Å². The van der Waals surface area contributed by atoms with Crippen LogP contribution in [0.4, 0.5) is 11.4 Å². The van der Waals surface area contributed by atoms with Crippen molar-refractivity contribution in [3.63, 3.8) is 0 Å². The fourth-order valence-corrected chi connectivity index (χ4v) is 3.31. The molecule has 132 valence electrons. The molecule has 2 aromatic carbocycles. The molecule has 0 saturated carbocycles. The molecule has 2 aromatic rings. The molecule has 0 radical (unpaired) electrons. The zero-order valence-electron chi connectivity index (χ0n) is 14.4. The van der Waals surface area contributed by atoms with Crippen LogP contribution in [-0.4, -0.2) is 25.1 Å². The van der Waals surface area contributed by atoms with Gasteiger partial charge >= 0.3 is 0 Å². The predicted octanol–water partition coefficient (Wildman–Crippen LogP) is 4.74. The van der Waals surface area contributed by atoms with Crippen LogP contribution in [0.5, 0.6) is 5.75 Å². The zero-order valence-corrected chi connectivity index (χ0v) is 15.1. The molecule has 1 N–H and O–H groups in total. The summed E-state index contributed by atoms with van der Waals surface area (Å²) in [4.78, 5) is 14.5. The van der Waals surface area contributed by atoms with E-state index in [4.69, 9.17) is 16.3 Å². The summed E-state index contributed by atoms with van der Waals surface area (Å²) in [5.41, 5.74) is 1.97. The molecule has 3 rings (SSSR count). The van der Waals surface area contributed by atoms with Crippen molar-refractivity contribution in [3.05, 3.63) is 53.6 Å². The highest BCUT2D eigenvalue weighted by molar-refractivity contribution is 6.32. The third-order valence-electron chi connectivity index (χ3n) is 4.48. The fourth-order valence-electron chi connectivity index (χ4n) is 3.12. The molecule has 1 aliphatic heterocycles. The fraction of sp³-hybridized carbons (Fsp3) is 0.350. The van der Waals surface area contributed by atoms with Crippen LogP contribution in [0.3, 0.4) is 0 Å². The Morgan fingerprint density at radius 3 is 2.68 bits per heavy atom. The lowest BCUT2D eigenvalue weighted by Crippen LogP contribution is -2.37. The van der Waals surface area contributed by atoms with Crippen molar-refractivity contribution in [2.24, 2.45) is 0 Å². The van der Waals surface area contributed by atoms with Gasteiger partial charge < -0.3 is 15.0 Å². The van der Waals surface area contributed by atoms with Gasteiger partial charge in [-0.25, -0.2) is 0 Å². The molecule has 1 aliphatic rings. The Kier molecular flexibility index (Phi) is 5.82. The van der Waals surface area contributed by atoms with E-state index >= 15 is 0 Å². The Morgan fingerprint density at radius 1 is 1.20 bits per heavy atom. The molecule has 1 amide bonds. The Labute approximate surface area is 153 Å². The summed E-state index contributed by atoms with van der Waals surface area (Å²) in [5.74, 6) is 0.299. The van der Waals surface area contributed by atoms with Gasteiger partial charge in [-0.05, 0) is 62.6 Å². The third-order valence-corrected chi connectivity index (χ3v) is 4.79. The molecule has 0 aliphatic carbocycles. The first-order valence-electron chi connectivity index (χ1n) is 8.67. The van der Waals surface area contributed by atoms with Gasteiger partial charge in [0, 0.05) is 24.0 Å². The molecule has 5 heteroatoms. The van der Waals surface area contributed by atoms with E-state index in [2.05, 4.69) is 29.3 Å². The second-order valence-corrected chi connectivity index (χ2v) is 6.76. The molecule has 0 unspecified atom stereocenters. The van der Waals surface area contributed by atoms with Gasteiger partial charge in [-0.2, -0.15) is 0 Å². The van der Waals surface area contributed by atoms with E-state index in [1.807, 2.05) is 24.3 Å². The summed E-state index contributed by atoms with van der Waals surface area (Å²) in [6.07, 6.45) is 3.78. The normalized spacial score (nSPS) is 17.2. The number of anilines is 2. The summed E-state index contributed by atoms with van der Waals surface area (Å²) in [5, 5.41) is 3.34. The van der Waals surface area contributed by atoms with E-state index in [0.29, 0.717) is 16.8 Å². The predicted molar refractivity (Wildman–Crippen MR) is 103 cm³/mol. The monoisotopic (exact) mass is 358 g/mol. The summed E-state index contributed by atoms with van der Waals surface area (Å²) >= 11 is 6.01. The van der Waals surface area contributed by atoms with Gasteiger partial charge in [0.2, 0.25) is 0 Å². The van der Waals surface area contributed by atoms with Crippen molar-refractivity contribution in [1.29, 1.82) is 0 Å². The van der Waals surface area contributed by atoms with Crippen LogP contribution in [0.15, 0.2) is 48.5 Å². The van der Waals surface area contributed by atoms with Gasteiger partial charge in [-0.15, -0.1) is 0 Å². The number of nitrogens with one attached hydrogen (secondary N) is 1. The van der Waals surface area contributed by atoms with Crippen LogP contribution in [0.25, 0.3) is 0 Å². The van der Waals surface area contributed by atoms with Crippen molar-refractivity contribution < 1.29 is 9.53 Å². The second kappa shape index (κ2) is 8.26. The molecule has 1 heterocycles. The van der Waals surface area contributed by atoms with Crippen LogP contribution in [-0.2, 0) is 4.79 Å². The highest BCUT2D eigenvalue weighted by Crippen LogP contribution is 2.26. The topological polar surface area (TPSA) is 41.6 Å². The Balaban J connectivity index is 1.54. The van der Waals surface area contributed by atoms with E-state index in [1.54, 1.807) is 12.1 Å². The Bertz CT molecular complexity index is 718. The van der Waals surface area contributed by atoms with Gasteiger partial charge in [0.25, 0.3) is 5.91 Å². The van der Waals surface area contributed by atoms with Crippen LogP contribution in [0.1, 0.15) is 26.2 Å². The SMILES string of the molecule is C[C@H]1CCCCN1c1ccc(NC(=O)COc2ccccc2Cl)cc1. The van der Waals surface area contributed by atoms with Gasteiger partial charge in [0.1, 0.15) is 5.75 Å². The van der Waals surface area contributed by atoms with Crippen molar-refractivity contribution in [2.45, 2.75) is 32.2 Å². The number of hydrogen-bond acceptors (Lipinski definition) is 3. The maximum atomic E-state index is 12.0. The van der Waals surface area contributed by atoms with Crippen LogP contribution in [0, 0.1) is 0 Å². The van der Waals surface area contributed by atoms with Crippen LogP contribution >= 0.6 is 11.6 Å². The molecule has 0 spiro atoms. The molecule has 0 bridgehead atoms. The summed E-state index contributed by atoms with van der Waals surface area (Å²) < 4.78 is 5.45. The van der Waals surface area contributed by atoms with Crippen molar-refractivity contribution in [2.75, 3.05) is 23.4 Å². The van der Waals surface area contributed by atoms with E-state index < -0.39 is 0 Å². The number of ether oxygens (including phenoxy) is 1. The average Bonchev–Trinajstić information content (AvgIpc) is 2.62. The number of carbonyl (C=O) groups excluding carboxylic acids is 1. The number of benzene rings is 2. The highest BCUT2D eigenvalue weighted by atomic mass is 35.5. The summed E-state index contributed by atoms with van der Waals surface area (Å²) in [6.45, 7) is 3.29. The first-order chi connectivity index (χ1) is 12.1. The molecule has 4 nitrogen and oxygen atoms in total. The lowest BCUT2D eigenvalue weighted by Gasteiger charge is -2.35. The van der Waals surface area contributed by atoms with Crippen LogP contribution < -0.4 is 15.0 Å². The van der Waals surface area contributed by atoms with Gasteiger partial charge in [-0.1, -0.05) is 23.7 Å². The minimum atomic E-state index is -0.209. The first-order valence-corrected chi connectivity index (χ1v) is 9.05. The number of nitrogens with zero attached hydrogens (tertiary/aromatic N) is 1. The number of para-hydroxylation sites is 1. The Hall–Kier alpha value is -2.20. The van der Waals surface area contributed by atoms with E-state index in [1.165, 1.54) is 24.9 Å². The van der Waals surface area contributed by atoms with Gasteiger partial charge in [0.05, 0.1) is 5.02 Å². The molecule has 0 aromatic heterocycles. The maximum absolute atomic E-state index is 12.0. The smallest absolute Gasteiger partial charge is 0.262 e. The number of carbonyl (C=O) groups is 1. The number of amides is 1. The Morgan fingerprint density at radius 2 is 1.96 bits per heavy atom. The third kappa shape index (κ3) is 4.67. The molecule has 1 atom stereocenters. The highest BCUT2D eigenvalue weighted by Gasteiger charge is 2.18. The summed E-state index contributed by atoms with van der Waals surface area (Å²) in [7, 11) is 0. The van der Waals surface area contributed by atoms with E-state index in [-0.39, 0.29) is 12.5 Å². The van der Waals surface area contributed by atoms with Crippen molar-refractivity contribution >= 4 is 28.9 Å². The molecular weight excluding hydrogens is 336 g/mol. The minimum absolute atomic E-state index is 0.0748. The van der Waals surface area contributed by atoms with E-state index in [0.717, 1.165) is 12.2 Å². The number of hydrogen-bond donors (Lipinski definition) is 1. The number of rotatable bonds is 5. The lowest BCUT2D eigenvalue weighted by molar-refractivity contribution is -0.118. The standard InChI is InChI=1S/C20H23ClN2O2/c1-15-6-4-5-13-23(15)17-11-9-16(10-12-17)22-20(24)14-25-19-8-3-2-7-18(19)21/h2-3,7-12,15H,4-6,13-14H2,1H3,(H,22,24)/t15-/m0/s1. The van der Waals surface area contributed by atoms with E-state index in [9.17, 15) is 4.79 Å². The quantitative estimate of drug-likeness (QED) is 0.839. The molecular formula is C20H23ClN2O2. The largest absolute Gasteiger partial charge is 0.482 e. The number of piperidine rings is 1. The molecule has 1 saturated heterocycles. The van der Waals surface area contributed by atoms with Crippen molar-refractivity contribution in [1.82, 2.24) is 0 Å². The first kappa shape index (κ1) is 17.6. The summed E-state index contributed by atoms with van der Waals surface area (Å²) in [6, 6.07) is 15.7. The maximum Gasteiger partial charge on any atom is 0.262 e. The van der Waals surface area contributed by atoms with Crippen molar-refractivity contribution in [3.8, 4) is 5.75 Å². The van der Waals surface area contributed by atoms with Gasteiger partial charge in [-0.3, -0.25) is 4.79 Å². The second-order valence-electron chi connectivity index (χ2n) is 6.35. The zero-order chi connectivity index (χ0) is 17.6. The molecule has 1 fully saturated rings.